The zero-order chi connectivity index (χ0) is 24.5. The number of amides is 2. The Morgan fingerprint density at radius 2 is 1.71 bits per heavy atom. The lowest BCUT2D eigenvalue weighted by Gasteiger charge is -2.08. The van der Waals surface area contributed by atoms with Gasteiger partial charge in [0.15, 0.2) is 0 Å². The number of para-hydroxylation sites is 3. The summed E-state index contributed by atoms with van der Waals surface area (Å²) in [6, 6.07) is 18.1. The third-order valence-corrected chi connectivity index (χ3v) is 4.33. The molecular weight excluding hydrogens is 444 g/mol. The summed E-state index contributed by atoms with van der Waals surface area (Å²) in [7, 11) is 1.43. The van der Waals surface area contributed by atoms with E-state index in [0.29, 0.717) is 17.0 Å². The fraction of sp³-hybridized carbons (Fsp3) is 0.0435. The van der Waals surface area contributed by atoms with Gasteiger partial charge in [-0.3, -0.25) is 19.7 Å². The molecule has 11 nitrogen and oxygen atoms in total. The smallest absolute Gasteiger partial charge is 0.350 e. The Morgan fingerprint density at radius 1 is 0.971 bits per heavy atom. The number of ether oxygens (including phenoxy) is 2. The second kappa shape index (κ2) is 11.0. The lowest BCUT2D eigenvalue weighted by Crippen LogP contribution is -2.32. The van der Waals surface area contributed by atoms with Crippen molar-refractivity contribution in [3.8, 4) is 11.5 Å². The molecule has 3 rings (SSSR count). The fourth-order valence-corrected chi connectivity index (χ4v) is 2.77. The number of carbonyl (C=O) groups is 3. The number of benzene rings is 3. The number of hydrazone groups is 1. The number of nitrogens with zero attached hydrogens (tertiary/aromatic N) is 2. The highest BCUT2D eigenvalue weighted by molar-refractivity contribution is 6.39. The van der Waals surface area contributed by atoms with Crippen molar-refractivity contribution in [2.75, 3.05) is 12.4 Å². The zero-order valence-corrected chi connectivity index (χ0v) is 17.8. The van der Waals surface area contributed by atoms with Crippen LogP contribution in [-0.2, 0) is 9.59 Å². The Balaban J connectivity index is 1.61. The largest absolute Gasteiger partial charge is 0.495 e. The number of methoxy groups -OCH3 is 1. The zero-order valence-electron chi connectivity index (χ0n) is 17.8. The molecule has 0 aromatic heterocycles. The van der Waals surface area contributed by atoms with E-state index in [4.69, 9.17) is 9.47 Å². The lowest BCUT2D eigenvalue weighted by molar-refractivity contribution is -0.385. The molecule has 0 radical (unpaired) electrons. The number of anilines is 1. The van der Waals surface area contributed by atoms with Crippen LogP contribution in [0.25, 0.3) is 0 Å². The minimum Gasteiger partial charge on any atom is -0.495 e. The number of nitro benzene ring substituents is 1. The first-order valence-electron chi connectivity index (χ1n) is 9.72. The van der Waals surface area contributed by atoms with Crippen LogP contribution in [0.15, 0.2) is 77.9 Å². The van der Waals surface area contributed by atoms with E-state index >= 15 is 0 Å². The average molecular weight is 462 g/mol. The molecule has 0 bridgehead atoms. The summed E-state index contributed by atoms with van der Waals surface area (Å²) >= 11 is 0. The number of hydrogen-bond acceptors (Lipinski definition) is 8. The molecule has 0 saturated carbocycles. The molecule has 0 heterocycles. The van der Waals surface area contributed by atoms with Crippen molar-refractivity contribution in [3.63, 3.8) is 0 Å². The predicted molar refractivity (Wildman–Crippen MR) is 122 cm³/mol. The SMILES string of the molecule is COc1ccccc1NC(=O)C(=O)N/N=C/c1cccc(OC(=O)c2ccccc2[N+](=O)[O-])c1. The van der Waals surface area contributed by atoms with E-state index in [1.165, 1.54) is 49.7 Å². The van der Waals surface area contributed by atoms with Crippen LogP contribution in [0.4, 0.5) is 11.4 Å². The van der Waals surface area contributed by atoms with Gasteiger partial charge < -0.3 is 14.8 Å². The molecule has 0 fully saturated rings. The summed E-state index contributed by atoms with van der Waals surface area (Å²) in [5, 5.41) is 17.2. The van der Waals surface area contributed by atoms with Crippen molar-refractivity contribution in [2.45, 2.75) is 0 Å². The van der Waals surface area contributed by atoms with Crippen LogP contribution in [0.3, 0.4) is 0 Å². The van der Waals surface area contributed by atoms with Crippen LogP contribution < -0.4 is 20.2 Å². The van der Waals surface area contributed by atoms with Crippen LogP contribution in [0.1, 0.15) is 15.9 Å². The Kier molecular flexibility index (Phi) is 7.63. The van der Waals surface area contributed by atoms with Crippen molar-refractivity contribution < 1.29 is 28.8 Å². The van der Waals surface area contributed by atoms with E-state index in [9.17, 15) is 24.5 Å². The topological polar surface area (TPSA) is 149 Å². The summed E-state index contributed by atoms with van der Waals surface area (Å²) in [6.07, 6.45) is 1.23. The molecule has 0 aliphatic heterocycles. The number of nitro groups is 1. The maximum Gasteiger partial charge on any atom is 0.350 e. The standard InChI is InChI=1S/C23H18N4O7/c1-33-20-12-5-3-10-18(20)25-21(28)22(29)26-24-14-15-7-6-8-16(13-15)34-23(30)17-9-2-4-11-19(17)27(31)32/h2-14H,1H3,(H,25,28)(H,26,29)/b24-14+. The van der Waals surface area contributed by atoms with Crippen LogP contribution in [0, 0.1) is 10.1 Å². The third-order valence-electron chi connectivity index (χ3n) is 4.33. The lowest BCUT2D eigenvalue weighted by atomic mass is 10.2. The first-order valence-corrected chi connectivity index (χ1v) is 9.72. The molecule has 3 aromatic rings. The van der Waals surface area contributed by atoms with E-state index in [1.54, 1.807) is 36.4 Å². The molecule has 2 amide bonds. The molecular formula is C23H18N4O7. The molecule has 0 unspecified atom stereocenters. The van der Waals surface area contributed by atoms with Crippen molar-refractivity contribution in [1.29, 1.82) is 0 Å². The minimum absolute atomic E-state index is 0.104. The Bertz CT molecular complexity index is 1270. The second-order valence-electron chi connectivity index (χ2n) is 6.59. The van der Waals surface area contributed by atoms with E-state index in [1.807, 2.05) is 0 Å². The van der Waals surface area contributed by atoms with E-state index in [0.717, 1.165) is 0 Å². The van der Waals surface area contributed by atoms with Gasteiger partial charge in [0.25, 0.3) is 5.69 Å². The molecule has 0 spiro atoms. The summed E-state index contributed by atoms with van der Waals surface area (Å²) < 4.78 is 10.3. The van der Waals surface area contributed by atoms with Crippen LogP contribution >= 0.6 is 0 Å². The van der Waals surface area contributed by atoms with Gasteiger partial charge >= 0.3 is 17.8 Å². The van der Waals surface area contributed by atoms with Gasteiger partial charge in [-0.2, -0.15) is 5.10 Å². The van der Waals surface area contributed by atoms with E-state index < -0.39 is 22.7 Å². The van der Waals surface area contributed by atoms with Crippen LogP contribution in [0.2, 0.25) is 0 Å². The first kappa shape index (κ1) is 23.6. The molecule has 3 aromatic carbocycles. The van der Waals surface area contributed by atoms with Crippen molar-refractivity contribution in [1.82, 2.24) is 5.43 Å². The molecule has 11 heteroatoms. The molecule has 0 aliphatic carbocycles. The summed E-state index contributed by atoms with van der Waals surface area (Å²) in [5.41, 5.74) is 2.27. The number of rotatable bonds is 7. The fourth-order valence-electron chi connectivity index (χ4n) is 2.77. The maximum atomic E-state index is 12.4. The summed E-state index contributed by atoms with van der Waals surface area (Å²) in [6.45, 7) is 0. The van der Waals surface area contributed by atoms with Gasteiger partial charge in [-0.15, -0.1) is 0 Å². The highest BCUT2D eigenvalue weighted by atomic mass is 16.6. The van der Waals surface area contributed by atoms with Gasteiger partial charge in [0.05, 0.1) is 23.9 Å². The molecule has 2 N–H and O–H groups in total. The normalized spacial score (nSPS) is 10.4. The summed E-state index contributed by atoms with van der Waals surface area (Å²) in [5.74, 6) is -2.37. The quantitative estimate of drug-likeness (QED) is 0.137. The molecule has 34 heavy (non-hydrogen) atoms. The monoisotopic (exact) mass is 462 g/mol. The molecule has 172 valence electrons. The van der Waals surface area contributed by atoms with Gasteiger partial charge in [0.2, 0.25) is 0 Å². The Morgan fingerprint density at radius 3 is 2.47 bits per heavy atom. The van der Waals surface area contributed by atoms with Gasteiger partial charge in [0.1, 0.15) is 17.1 Å². The number of nitrogens with one attached hydrogen (secondary N) is 2. The minimum atomic E-state index is -1.01. The van der Waals surface area contributed by atoms with E-state index in [-0.39, 0.29) is 17.0 Å². The van der Waals surface area contributed by atoms with Gasteiger partial charge in [-0.05, 0) is 35.9 Å². The number of esters is 1. The second-order valence-corrected chi connectivity index (χ2v) is 6.59. The van der Waals surface area contributed by atoms with Crippen molar-refractivity contribution >= 4 is 35.4 Å². The third kappa shape index (κ3) is 6.01. The Hall–Kier alpha value is -5.06. The first-order chi connectivity index (χ1) is 16.4. The average Bonchev–Trinajstić information content (AvgIpc) is 2.84. The highest BCUT2D eigenvalue weighted by Gasteiger charge is 2.21. The summed E-state index contributed by atoms with van der Waals surface area (Å²) in [4.78, 5) is 46.8. The van der Waals surface area contributed by atoms with Gasteiger partial charge in [-0.1, -0.05) is 36.4 Å². The predicted octanol–water partition coefficient (Wildman–Crippen LogP) is 2.91. The molecule has 0 aliphatic rings. The van der Waals surface area contributed by atoms with Crippen molar-refractivity contribution in [3.05, 3.63) is 94.0 Å². The number of carbonyl (C=O) groups excluding carboxylic acids is 3. The van der Waals surface area contributed by atoms with Gasteiger partial charge in [0, 0.05) is 6.07 Å². The number of hydrogen-bond donors (Lipinski definition) is 2. The van der Waals surface area contributed by atoms with Gasteiger partial charge in [-0.25, -0.2) is 10.2 Å². The molecule has 0 saturated heterocycles. The maximum absolute atomic E-state index is 12.4. The van der Waals surface area contributed by atoms with Crippen LogP contribution in [-0.4, -0.2) is 36.0 Å². The van der Waals surface area contributed by atoms with Crippen LogP contribution in [0.5, 0.6) is 11.5 Å². The highest BCUT2D eigenvalue weighted by Crippen LogP contribution is 2.23. The molecule has 0 atom stereocenters. The Labute approximate surface area is 193 Å². The van der Waals surface area contributed by atoms with E-state index in [2.05, 4.69) is 15.8 Å². The van der Waals surface area contributed by atoms with Crippen molar-refractivity contribution in [2.24, 2.45) is 5.10 Å².